The summed E-state index contributed by atoms with van der Waals surface area (Å²) in [5, 5.41) is 3.41. The Kier molecular flexibility index (Phi) is 6.96. The third kappa shape index (κ3) is 5.54. The second kappa shape index (κ2) is 7.96. The molecule has 1 aromatic rings. The molecule has 1 aromatic carbocycles. The van der Waals surface area contributed by atoms with Crippen LogP contribution in [0.4, 0.5) is 5.69 Å². The third-order valence-electron chi connectivity index (χ3n) is 2.73. The van der Waals surface area contributed by atoms with Crippen LogP contribution in [0.25, 0.3) is 0 Å². The van der Waals surface area contributed by atoms with Crippen LogP contribution in [-0.2, 0) is 4.79 Å². The summed E-state index contributed by atoms with van der Waals surface area (Å²) in [4.78, 5) is 11.8. The standard InChI is InChI=1S/C13H18ClIN2O/c1-9(6-7-16)2-5-13(18)17-12-8-10(15)3-4-11(12)14/h3-4,8-9H,2,5-7,16H2,1H3,(H,17,18). The molecule has 1 rings (SSSR count). The Morgan fingerprint density at radius 1 is 1.50 bits per heavy atom. The first kappa shape index (κ1) is 15.7. The van der Waals surface area contributed by atoms with Gasteiger partial charge < -0.3 is 11.1 Å². The molecular formula is C13H18ClIN2O. The highest BCUT2D eigenvalue weighted by molar-refractivity contribution is 14.1. The van der Waals surface area contributed by atoms with Gasteiger partial charge in [0.1, 0.15) is 0 Å². The summed E-state index contributed by atoms with van der Waals surface area (Å²) in [7, 11) is 0. The molecule has 100 valence electrons. The highest BCUT2D eigenvalue weighted by atomic mass is 127. The van der Waals surface area contributed by atoms with Crippen molar-refractivity contribution in [2.75, 3.05) is 11.9 Å². The van der Waals surface area contributed by atoms with Crippen molar-refractivity contribution < 1.29 is 4.79 Å². The van der Waals surface area contributed by atoms with Crippen LogP contribution in [0, 0.1) is 9.49 Å². The summed E-state index contributed by atoms with van der Waals surface area (Å²) in [6, 6.07) is 5.56. The zero-order valence-corrected chi connectivity index (χ0v) is 13.3. The lowest BCUT2D eigenvalue weighted by Gasteiger charge is -2.11. The Hall–Kier alpha value is -0.330. The fourth-order valence-corrected chi connectivity index (χ4v) is 2.27. The highest BCUT2D eigenvalue weighted by Gasteiger charge is 2.08. The van der Waals surface area contributed by atoms with E-state index in [1.165, 1.54) is 0 Å². The van der Waals surface area contributed by atoms with Gasteiger partial charge >= 0.3 is 0 Å². The van der Waals surface area contributed by atoms with Crippen molar-refractivity contribution in [2.45, 2.75) is 26.2 Å². The number of anilines is 1. The van der Waals surface area contributed by atoms with Crippen LogP contribution in [0.15, 0.2) is 18.2 Å². The molecule has 0 aliphatic carbocycles. The lowest BCUT2D eigenvalue weighted by atomic mass is 10.0. The molecule has 1 unspecified atom stereocenters. The highest BCUT2D eigenvalue weighted by Crippen LogP contribution is 2.24. The Bertz CT molecular complexity index is 412. The first-order valence-electron chi connectivity index (χ1n) is 5.98. The summed E-state index contributed by atoms with van der Waals surface area (Å²) < 4.78 is 1.05. The molecule has 0 spiro atoms. The van der Waals surface area contributed by atoms with E-state index in [1.807, 2.05) is 12.1 Å². The van der Waals surface area contributed by atoms with E-state index in [-0.39, 0.29) is 5.91 Å². The van der Waals surface area contributed by atoms with E-state index in [2.05, 4.69) is 34.8 Å². The van der Waals surface area contributed by atoms with Crippen molar-refractivity contribution in [1.29, 1.82) is 0 Å². The molecule has 3 N–H and O–H groups in total. The molecule has 0 saturated carbocycles. The third-order valence-corrected chi connectivity index (χ3v) is 3.73. The molecule has 0 fully saturated rings. The van der Waals surface area contributed by atoms with Crippen molar-refractivity contribution >= 4 is 45.8 Å². The Morgan fingerprint density at radius 2 is 2.22 bits per heavy atom. The molecule has 1 amide bonds. The van der Waals surface area contributed by atoms with Gasteiger partial charge in [0.05, 0.1) is 10.7 Å². The van der Waals surface area contributed by atoms with Gasteiger partial charge in [0.2, 0.25) is 5.91 Å². The minimum absolute atomic E-state index is 0.00257. The zero-order valence-electron chi connectivity index (χ0n) is 10.4. The number of nitrogens with one attached hydrogen (secondary N) is 1. The molecule has 0 aromatic heterocycles. The molecule has 1 atom stereocenters. The van der Waals surface area contributed by atoms with Crippen molar-refractivity contribution in [2.24, 2.45) is 11.7 Å². The molecule has 0 aliphatic heterocycles. The molecule has 0 radical (unpaired) electrons. The van der Waals surface area contributed by atoms with E-state index in [0.717, 1.165) is 16.4 Å². The number of hydrogen-bond donors (Lipinski definition) is 2. The fraction of sp³-hybridized carbons (Fsp3) is 0.462. The summed E-state index contributed by atoms with van der Waals surface area (Å²) in [5.41, 5.74) is 6.16. The van der Waals surface area contributed by atoms with Crippen LogP contribution in [0.2, 0.25) is 5.02 Å². The van der Waals surface area contributed by atoms with E-state index in [4.69, 9.17) is 17.3 Å². The zero-order chi connectivity index (χ0) is 13.5. The van der Waals surface area contributed by atoms with E-state index in [0.29, 0.717) is 29.6 Å². The minimum Gasteiger partial charge on any atom is -0.330 e. The van der Waals surface area contributed by atoms with Gasteiger partial charge in [-0.25, -0.2) is 0 Å². The van der Waals surface area contributed by atoms with E-state index in [9.17, 15) is 4.79 Å². The van der Waals surface area contributed by atoms with Crippen LogP contribution < -0.4 is 11.1 Å². The molecule has 18 heavy (non-hydrogen) atoms. The molecular weight excluding hydrogens is 363 g/mol. The van der Waals surface area contributed by atoms with Gasteiger partial charge in [0.15, 0.2) is 0 Å². The van der Waals surface area contributed by atoms with Crippen LogP contribution in [-0.4, -0.2) is 12.5 Å². The van der Waals surface area contributed by atoms with Crippen molar-refractivity contribution in [3.63, 3.8) is 0 Å². The van der Waals surface area contributed by atoms with Gasteiger partial charge in [-0.1, -0.05) is 18.5 Å². The van der Waals surface area contributed by atoms with Crippen LogP contribution in [0.5, 0.6) is 0 Å². The summed E-state index contributed by atoms with van der Waals surface area (Å²) in [6.07, 6.45) is 2.31. The summed E-state index contributed by atoms with van der Waals surface area (Å²) in [6.45, 7) is 2.78. The maximum absolute atomic E-state index is 11.8. The maximum atomic E-state index is 11.8. The maximum Gasteiger partial charge on any atom is 0.224 e. The lowest BCUT2D eigenvalue weighted by molar-refractivity contribution is -0.116. The first-order valence-corrected chi connectivity index (χ1v) is 7.43. The van der Waals surface area contributed by atoms with Crippen LogP contribution >= 0.6 is 34.2 Å². The number of nitrogens with two attached hydrogens (primary N) is 1. The van der Waals surface area contributed by atoms with Gasteiger partial charge in [0.25, 0.3) is 0 Å². The van der Waals surface area contributed by atoms with Crippen LogP contribution in [0.3, 0.4) is 0 Å². The van der Waals surface area contributed by atoms with Gasteiger partial charge in [-0.05, 0) is 66.1 Å². The first-order chi connectivity index (χ1) is 8.52. The summed E-state index contributed by atoms with van der Waals surface area (Å²) >= 11 is 8.21. The molecule has 0 saturated heterocycles. The average Bonchev–Trinajstić information content (AvgIpc) is 2.32. The second-order valence-corrected chi connectivity index (χ2v) is 6.05. The number of benzene rings is 1. The number of halogens is 2. The number of amides is 1. The Balaban J connectivity index is 2.47. The van der Waals surface area contributed by atoms with Crippen molar-refractivity contribution in [3.05, 3.63) is 26.8 Å². The Labute approximate surface area is 127 Å². The lowest BCUT2D eigenvalue weighted by Crippen LogP contribution is -2.14. The number of hydrogen-bond acceptors (Lipinski definition) is 2. The SMILES string of the molecule is CC(CCN)CCC(=O)Nc1cc(I)ccc1Cl. The van der Waals surface area contributed by atoms with Gasteiger partial charge in [-0.15, -0.1) is 0 Å². The van der Waals surface area contributed by atoms with E-state index in [1.54, 1.807) is 6.07 Å². The van der Waals surface area contributed by atoms with Gasteiger partial charge in [-0.2, -0.15) is 0 Å². The fourth-order valence-electron chi connectivity index (χ4n) is 1.61. The summed E-state index contributed by atoms with van der Waals surface area (Å²) in [5.74, 6) is 0.481. The molecule has 0 bridgehead atoms. The number of carbonyl (C=O) groups is 1. The number of rotatable bonds is 6. The topological polar surface area (TPSA) is 55.1 Å². The van der Waals surface area contributed by atoms with E-state index >= 15 is 0 Å². The van der Waals surface area contributed by atoms with E-state index < -0.39 is 0 Å². The van der Waals surface area contributed by atoms with Crippen LogP contribution in [0.1, 0.15) is 26.2 Å². The normalized spacial score (nSPS) is 12.2. The predicted molar refractivity (Wildman–Crippen MR) is 84.9 cm³/mol. The quantitative estimate of drug-likeness (QED) is 0.740. The molecule has 3 nitrogen and oxygen atoms in total. The predicted octanol–water partition coefficient (Wildman–Crippen LogP) is 3.65. The largest absolute Gasteiger partial charge is 0.330 e. The Morgan fingerprint density at radius 3 is 2.89 bits per heavy atom. The smallest absolute Gasteiger partial charge is 0.224 e. The molecule has 0 heterocycles. The van der Waals surface area contributed by atoms with Gasteiger partial charge in [-0.3, -0.25) is 4.79 Å². The van der Waals surface area contributed by atoms with Crippen molar-refractivity contribution in [3.8, 4) is 0 Å². The minimum atomic E-state index is 0.00257. The molecule has 5 heteroatoms. The monoisotopic (exact) mass is 380 g/mol. The van der Waals surface area contributed by atoms with Crippen molar-refractivity contribution in [1.82, 2.24) is 0 Å². The second-order valence-electron chi connectivity index (χ2n) is 4.39. The average molecular weight is 381 g/mol. The molecule has 0 aliphatic rings. The number of carbonyl (C=O) groups excluding carboxylic acids is 1. The van der Waals surface area contributed by atoms with Gasteiger partial charge in [0, 0.05) is 9.99 Å².